The molecule has 174 valence electrons. The fourth-order valence-corrected chi connectivity index (χ4v) is 4.69. The van der Waals surface area contributed by atoms with Crippen LogP contribution in [-0.2, 0) is 22.4 Å². The summed E-state index contributed by atoms with van der Waals surface area (Å²) in [5.74, 6) is -1.31. The number of carboxylic acids is 2. The number of hydrogen-bond donors (Lipinski definition) is 2. The zero-order valence-electron chi connectivity index (χ0n) is 20.3. The van der Waals surface area contributed by atoms with Crippen LogP contribution < -0.4 is 0 Å². The maximum absolute atomic E-state index is 11.3. The van der Waals surface area contributed by atoms with Gasteiger partial charge in [0.05, 0.1) is 10.8 Å². The van der Waals surface area contributed by atoms with E-state index in [4.69, 9.17) is 0 Å². The van der Waals surface area contributed by atoms with Crippen molar-refractivity contribution in [3.8, 4) is 0 Å². The molecule has 4 heteroatoms. The Hall–Kier alpha value is -1.84. The quantitative estimate of drug-likeness (QED) is 0.319. The molecule has 0 aromatic heterocycles. The molecule has 1 fully saturated rings. The van der Waals surface area contributed by atoms with E-state index in [-0.39, 0.29) is 5.41 Å². The van der Waals surface area contributed by atoms with Crippen molar-refractivity contribution in [1.82, 2.24) is 0 Å². The van der Waals surface area contributed by atoms with Gasteiger partial charge in [-0.05, 0) is 114 Å². The number of rotatable bonds is 14. The molecule has 1 aliphatic rings. The van der Waals surface area contributed by atoms with E-state index in [1.807, 2.05) is 13.8 Å². The summed E-state index contributed by atoms with van der Waals surface area (Å²) in [6.07, 6.45) is 11.8. The molecular weight excluding hydrogens is 388 g/mol. The third-order valence-electron chi connectivity index (χ3n) is 7.58. The van der Waals surface area contributed by atoms with Crippen molar-refractivity contribution in [3.05, 3.63) is 33.9 Å². The highest BCUT2D eigenvalue weighted by molar-refractivity contribution is 5.77. The summed E-state index contributed by atoms with van der Waals surface area (Å²) in [5, 5.41) is 18.5. The van der Waals surface area contributed by atoms with E-state index in [9.17, 15) is 19.8 Å². The summed E-state index contributed by atoms with van der Waals surface area (Å²) in [4.78, 5) is 22.5. The highest BCUT2D eigenvalue weighted by Gasteiger charge is 2.49. The number of unbranched alkanes of at least 4 members (excludes halogenated alkanes) is 4. The zero-order valence-corrected chi connectivity index (χ0v) is 20.3. The van der Waals surface area contributed by atoms with Crippen LogP contribution in [0, 0.1) is 31.6 Å². The maximum Gasteiger partial charge on any atom is 0.309 e. The predicted molar refractivity (Wildman–Crippen MR) is 126 cm³/mol. The Morgan fingerprint density at radius 3 is 2.10 bits per heavy atom. The van der Waals surface area contributed by atoms with E-state index in [0.717, 1.165) is 77.0 Å². The number of hydrogen-bond acceptors (Lipinski definition) is 2. The number of aliphatic carboxylic acids is 2. The Bertz CT molecular complexity index is 787. The van der Waals surface area contributed by atoms with Crippen molar-refractivity contribution in [2.75, 3.05) is 0 Å². The molecular formula is C27H42O4. The molecule has 1 aromatic rings. The fourth-order valence-electron chi connectivity index (χ4n) is 4.69. The van der Waals surface area contributed by atoms with E-state index < -0.39 is 17.4 Å². The van der Waals surface area contributed by atoms with Crippen LogP contribution in [0.3, 0.4) is 0 Å². The molecule has 0 atom stereocenters. The second kappa shape index (κ2) is 10.7. The third kappa shape index (κ3) is 6.82. The minimum absolute atomic E-state index is 0.381. The minimum atomic E-state index is -0.709. The number of aryl methyl sites for hydroxylation is 2. The Kier molecular flexibility index (Phi) is 8.73. The molecule has 0 radical (unpaired) electrons. The first-order valence-electron chi connectivity index (χ1n) is 12.1. The van der Waals surface area contributed by atoms with Crippen LogP contribution in [0.1, 0.15) is 106 Å². The number of carboxylic acid groups (broad SMARTS) is 2. The molecule has 0 spiro atoms. The second-order valence-corrected chi connectivity index (χ2v) is 10.5. The largest absolute Gasteiger partial charge is 0.481 e. The van der Waals surface area contributed by atoms with Gasteiger partial charge in [-0.1, -0.05) is 31.7 Å². The average Bonchev–Trinajstić information content (AvgIpc) is 3.48. The van der Waals surface area contributed by atoms with Gasteiger partial charge in [0.15, 0.2) is 0 Å². The molecule has 1 aromatic carbocycles. The van der Waals surface area contributed by atoms with Crippen LogP contribution in [0.25, 0.3) is 0 Å². The maximum atomic E-state index is 11.3. The monoisotopic (exact) mass is 430 g/mol. The van der Waals surface area contributed by atoms with Crippen molar-refractivity contribution in [2.24, 2.45) is 10.8 Å². The molecule has 1 saturated carbocycles. The van der Waals surface area contributed by atoms with Gasteiger partial charge in [0.25, 0.3) is 0 Å². The summed E-state index contributed by atoms with van der Waals surface area (Å²) in [6.45, 7) is 10.3. The molecule has 4 nitrogen and oxygen atoms in total. The molecule has 0 heterocycles. The van der Waals surface area contributed by atoms with Gasteiger partial charge in [-0.3, -0.25) is 9.59 Å². The van der Waals surface area contributed by atoms with E-state index >= 15 is 0 Å². The molecule has 0 bridgehead atoms. The molecule has 0 aliphatic heterocycles. The molecule has 2 N–H and O–H groups in total. The lowest BCUT2D eigenvalue weighted by atomic mass is 9.86. The molecule has 31 heavy (non-hydrogen) atoms. The molecule has 0 unspecified atom stereocenters. The molecule has 1 aliphatic carbocycles. The summed E-state index contributed by atoms with van der Waals surface area (Å²) >= 11 is 0. The van der Waals surface area contributed by atoms with E-state index in [2.05, 4.69) is 26.8 Å². The lowest BCUT2D eigenvalue weighted by Crippen LogP contribution is -2.23. The lowest BCUT2D eigenvalue weighted by Gasteiger charge is -2.19. The van der Waals surface area contributed by atoms with Crippen LogP contribution in [0.2, 0.25) is 0 Å². The molecule has 0 saturated heterocycles. The van der Waals surface area contributed by atoms with Gasteiger partial charge >= 0.3 is 11.9 Å². The minimum Gasteiger partial charge on any atom is -0.481 e. The van der Waals surface area contributed by atoms with Crippen LogP contribution >= 0.6 is 0 Å². The van der Waals surface area contributed by atoms with E-state index in [1.54, 1.807) is 0 Å². The highest BCUT2D eigenvalue weighted by atomic mass is 16.4. The summed E-state index contributed by atoms with van der Waals surface area (Å²) < 4.78 is 0. The lowest BCUT2D eigenvalue weighted by molar-refractivity contribution is -0.147. The highest BCUT2D eigenvalue weighted by Crippen LogP contribution is 2.50. The van der Waals surface area contributed by atoms with Gasteiger partial charge in [0.1, 0.15) is 0 Å². The van der Waals surface area contributed by atoms with Gasteiger partial charge in [-0.15, -0.1) is 0 Å². The first-order valence-corrected chi connectivity index (χ1v) is 12.1. The van der Waals surface area contributed by atoms with Crippen LogP contribution in [-0.4, -0.2) is 22.2 Å². The zero-order chi connectivity index (χ0) is 23.2. The first-order chi connectivity index (χ1) is 14.5. The number of carbonyl (C=O) groups is 2. The first kappa shape index (κ1) is 25.4. The summed E-state index contributed by atoms with van der Waals surface area (Å²) in [6, 6.07) is 2.35. The Balaban J connectivity index is 1.79. The average molecular weight is 431 g/mol. The van der Waals surface area contributed by atoms with Gasteiger partial charge in [0.2, 0.25) is 0 Å². The van der Waals surface area contributed by atoms with Crippen molar-refractivity contribution in [1.29, 1.82) is 0 Å². The van der Waals surface area contributed by atoms with Crippen LogP contribution in [0.5, 0.6) is 0 Å². The smallest absolute Gasteiger partial charge is 0.309 e. The summed E-state index contributed by atoms with van der Waals surface area (Å²) in [7, 11) is 0. The van der Waals surface area contributed by atoms with Crippen LogP contribution in [0.15, 0.2) is 6.07 Å². The van der Waals surface area contributed by atoms with Crippen molar-refractivity contribution in [3.63, 3.8) is 0 Å². The Morgan fingerprint density at radius 1 is 0.903 bits per heavy atom. The molecule has 2 rings (SSSR count). The Labute approximate surface area is 188 Å². The SMILES string of the molecule is Cc1cc(CCCCCC2(C(=O)O)CC2)c(C)c(C)c1CCCCCC(C)(C)C(=O)O. The van der Waals surface area contributed by atoms with E-state index in [0.29, 0.717) is 0 Å². The van der Waals surface area contributed by atoms with Gasteiger partial charge in [-0.25, -0.2) is 0 Å². The predicted octanol–water partition coefficient (Wildman–Crippen LogP) is 6.79. The number of benzene rings is 1. The van der Waals surface area contributed by atoms with Gasteiger partial charge in [0, 0.05) is 0 Å². The summed E-state index contributed by atoms with van der Waals surface area (Å²) in [5.41, 5.74) is 6.05. The van der Waals surface area contributed by atoms with Gasteiger partial charge in [-0.2, -0.15) is 0 Å². The van der Waals surface area contributed by atoms with Crippen molar-refractivity contribution >= 4 is 11.9 Å². The Morgan fingerprint density at radius 2 is 1.52 bits per heavy atom. The van der Waals surface area contributed by atoms with Crippen LogP contribution in [0.4, 0.5) is 0 Å². The van der Waals surface area contributed by atoms with Gasteiger partial charge < -0.3 is 10.2 Å². The normalized spacial score (nSPS) is 15.1. The topological polar surface area (TPSA) is 74.6 Å². The molecule has 0 amide bonds. The fraction of sp³-hybridized carbons (Fsp3) is 0.704. The van der Waals surface area contributed by atoms with Crippen molar-refractivity contribution in [2.45, 2.75) is 112 Å². The second-order valence-electron chi connectivity index (χ2n) is 10.5. The van der Waals surface area contributed by atoms with Crippen molar-refractivity contribution < 1.29 is 19.8 Å². The third-order valence-corrected chi connectivity index (χ3v) is 7.58. The van der Waals surface area contributed by atoms with E-state index in [1.165, 1.54) is 27.8 Å². The standard InChI is InChI=1S/C27H42O4/c1-19-18-22(12-8-6-11-15-27(16-17-27)25(30)31)20(2)21(3)23(19)13-9-7-10-14-26(4,5)24(28)29/h18H,6-17H2,1-5H3,(H,28,29)(H,30,31).